The molecule has 0 spiro atoms. The number of aliphatic imine (C=N–C) groups is 2. The number of aromatic nitrogens is 2. The molecular formula is C38H50Br4N4Pd2. The maximum Gasteiger partial charge on any atom is 0.0695 e. The zero-order valence-electron chi connectivity index (χ0n) is 28.9. The van der Waals surface area contributed by atoms with Crippen molar-refractivity contribution in [2.24, 2.45) is 9.98 Å². The van der Waals surface area contributed by atoms with Crippen LogP contribution in [0.4, 0.5) is 11.4 Å². The number of hydrogen-bond donors (Lipinski definition) is 0. The predicted octanol–water partition coefficient (Wildman–Crippen LogP) is 12.8. The molecule has 270 valence electrons. The summed E-state index contributed by atoms with van der Waals surface area (Å²) in [6, 6.07) is 21.5. The Labute approximate surface area is 358 Å². The molecule has 2 aromatic heterocycles. The third-order valence-corrected chi connectivity index (χ3v) is 7.65. The molecule has 0 amide bonds. The Kier molecular flexibility index (Phi) is 27.3. The molecule has 0 N–H and O–H groups in total. The van der Waals surface area contributed by atoms with Gasteiger partial charge < -0.3 is 0 Å². The van der Waals surface area contributed by atoms with Crippen LogP contribution in [0.5, 0.6) is 0 Å². The number of halogens is 4. The second kappa shape index (κ2) is 25.3. The fourth-order valence-corrected chi connectivity index (χ4v) is 5.25. The first-order chi connectivity index (χ1) is 20.2. The zero-order valence-corrected chi connectivity index (χ0v) is 38.8. The van der Waals surface area contributed by atoms with E-state index in [0.29, 0.717) is 23.7 Å². The normalized spacial score (nSPS) is 10.7. The number of rotatable bonds is 11. The van der Waals surface area contributed by atoms with Gasteiger partial charge in [-0.15, -0.1) is 67.9 Å². The van der Waals surface area contributed by atoms with Crippen LogP contribution in [0.2, 0.25) is 0 Å². The van der Waals surface area contributed by atoms with Gasteiger partial charge >= 0.3 is 0 Å². The van der Waals surface area contributed by atoms with Gasteiger partial charge in [-0.05, 0) is 106 Å². The van der Waals surface area contributed by atoms with Crippen molar-refractivity contribution < 1.29 is 40.8 Å². The first-order valence-electron chi connectivity index (χ1n) is 15.4. The predicted molar refractivity (Wildman–Crippen MR) is 222 cm³/mol. The summed E-state index contributed by atoms with van der Waals surface area (Å²) in [6.07, 6.45) is 9.14. The molecule has 48 heavy (non-hydrogen) atoms. The average Bonchev–Trinajstić information content (AvgIpc) is 2.97. The average molecular weight is 1100 g/mol. The molecule has 4 nitrogen and oxygen atoms in total. The summed E-state index contributed by atoms with van der Waals surface area (Å²) in [4.78, 5) is 19.0. The zero-order chi connectivity index (χ0) is 30.2. The molecule has 4 aromatic rings. The van der Waals surface area contributed by atoms with Crippen LogP contribution in [0.25, 0.3) is 11.1 Å². The van der Waals surface area contributed by atoms with Crippen LogP contribution in [-0.4, -0.2) is 22.4 Å². The van der Waals surface area contributed by atoms with Gasteiger partial charge in [0.1, 0.15) is 0 Å². The summed E-state index contributed by atoms with van der Waals surface area (Å²) in [5.74, 6) is 1.37. The number of pyridine rings is 2. The fourth-order valence-electron chi connectivity index (χ4n) is 5.25. The molecule has 0 unspecified atom stereocenters. The van der Waals surface area contributed by atoms with Gasteiger partial charge in [0.05, 0.1) is 11.4 Å². The molecule has 2 aromatic carbocycles. The third kappa shape index (κ3) is 14.2. The molecule has 10 heteroatoms. The molecule has 4 rings (SSSR count). The van der Waals surface area contributed by atoms with Crippen LogP contribution >= 0.6 is 67.9 Å². The van der Waals surface area contributed by atoms with Crippen LogP contribution in [-0.2, 0) is 53.7 Å². The summed E-state index contributed by atoms with van der Waals surface area (Å²) in [6.45, 7) is 18.1. The summed E-state index contributed by atoms with van der Waals surface area (Å²) < 4.78 is 0. The Morgan fingerprint density at radius 1 is 0.500 bits per heavy atom. The van der Waals surface area contributed by atoms with Crippen LogP contribution in [0, 0.1) is 0 Å². The fraction of sp³-hybridized carbons (Fsp3) is 0.368. The molecule has 0 atom stereocenters. The van der Waals surface area contributed by atoms with Crippen molar-refractivity contribution in [2.45, 2.75) is 91.9 Å². The van der Waals surface area contributed by atoms with Gasteiger partial charge in [-0.1, -0.05) is 67.5 Å². The van der Waals surface area contributed by atoms with E-state index < -0.39 is 0 Å². The minimum atomic E-state index is 0. The topological polar surface area (TPSA) is 50.5 Å². The molecular weight excluding hydrogens is 1040 g/mol. The summed E-state index contributed by atoms with van der Waals surface area (Å²) in [5, 5.41) is 0. The third-order valence-electron chi connectivity index (χ3n) is 7.65. The Hall–Kier alpha value is -0.675. The summed E-state index contributed by atoms with van der Waals surface area (Å²) in [5.41, 5.74) is 11.9. The standard InChI is InChI=1S/C38H46N4.4BrH.2Pd/c1-25(2)33-21-29(22-34(26(3)4)37(33)41-19-15-31-13-9-11-17-39-31)30-23-35(27(5)6)38(36(24-30)28(7)8)42-20-16-32-14-10-12-18-40-32;;;;;;/h9-14,17-28H,15-16H2,1-8H3;4*1H;;. The van der Waals surface area contributed by atoms with Crippen molar-refractivity contribution in [1.82, 2.24) is 9.97 Å². The maximum atomic E-state index is 5.05. The molecule has 2 heterocycles. The van der Waals surface area contributed by atoms with Crippen molar-refractivity contribution in [2.75, 3.05) is 0 Å². The molecule has 0 aliphatic heterocycles. The molecule has 0 bridgehead atoms. The van der Waals surface area contributed by atoms with E-state index in [-0.39, 0.29) is 109 Å². The van der Waals surface area contributed by atoms with E-state index in [1.54, 1.807) is 0 Å². The number of benzene rings is 2. The second-order valence-electron chi connectivity index (χ2n) is 12.3. The van der Waals surface area contributed by atoms with Gasteiger partial charge in [-0.3, -0.25) is 20.0 Å². The smallest absolute Gasteiger partial charge is 0.0695 e. The number of nitrogens with zero attached hydrogens (tertiary/aromatic N) is 4. The Morgan fingerprint density at radius 3 is 1.02 bits per heavy atom. The molecule has 0 radical (unpaired) electrons. The maximum absolute atomic E-state index is 5.05. The van der Waals surface area contributed by atoms with Crippen molar-refractivity contribution in [1.29, 1.82) is 0 Å². The van der Waals surface area contributed by atoms with E-state index >= 15 is 0 Å². The SMILES string of the molecule is Br.Br.Br.Br.CC(C)c1cc(-c2cc(C(C)C)c(N=CCc3ccccn3)c(C(C)C)c2)cc(C(C)C)c1N=CCc1ccccn1.[Pd].[Pd]. The Balaban J connectivity index is -0.00000337. The van der Waals surface area contributed by atoms with Gasteiger partial charge in [0.15, 0.2) is 0 Å². The van der Waals surface area contributed by atoms with Crippen molar-refractivity contribution >= 4 is 91.7 Å². The van der Waals surface area contributed by atoms with E-state index in [4.69, 9.17) is 9.98 Å². The number of hydrogen-bond acceptors (Lipinski definition) is 4. The van der Waals surface area contributed by atoms with Crippen LogP contribution < -0.4 is 0 Å². The van der Waals surface area contributed by atoms with Gasteiger partial charge in [0, 0.05) is 89.9 Å². The summed E-state index contributed by atoms with van der Waals surface area (Å²) in [7, 11) is 0. The van der Waals surface area contributed by atoms with Crippen molar-refractivity contribution in [3.63, 3.8) is 0 Å². The second-order valence-corrected chi connectivity index (χ2v) is 12.3. The Bertz CT molecular complexity index is 1370. The van der Waals surface area contributed by atoms with E-state index in [1.807, 2.05) is 61.2 Å². The van der Waals surface area contributed by atoms with E-state index in [2.05, 4.69) is 89.6 Å². The van der Waals surface area contributed by atoms with Crippen LogP contribution in [0.15, 0.2) is 83.0 Å². The monoisotopic (exact) mass is 1090 g/mol. The van der Waals surface area contributed by atoms with Gasteiger partial charge in [-0.2, -0.15) is 0 Å². The van der Waals surface area contributed by atoms with Crippen LogP contribution in [0.3, 0.4) is 0 Å². The first kappa shape index (κ1) is 51.7. The van der Waals surface area contributed by atoms with Gasteiger partial charge in [0.25, 0.3) is 0 Å². The van der Waals surface area contributed by atoms with Gasteiger partial charge in [0.2, 0.25) is 0 Å². The quantitative estimate of drug-likeness (QED) is 0.111. The van der Waals surface area contributed by atoms with E-state index in [0.717, 1.165) is 35.6 Å². The van der Waals surface area contributed by atoms with Crippen LogP contribution in [0.1, 0.15) is 113 Å². The van der Waals surface area contributed by atoms with E-state index in [9.17, 15) is 0 Å². The summed E-state index contributed by atoms with van der Waals surface area (Å²) >= 11 is 0. The minimum absolute atomic E-state index is 0. The molecule has 0 aliphatic carbocycles. The molecule has 0 fully saturated rings. The molecule has 0 saturated heterocycles. The molecule has 0 saturated carbocycles. The molecule has 0 aliphatic rings. The Morgan fingerprint density at radius 2 is 0.792 bits per heavy atom. The van der Waals surface area contributed by atoms with Gasteiger partial charge in [-0.25, -0.2) is 0 Å². The minimum Gasteiger partial charge on any atom is -0.261 e. The van der Waals surface area contributed by atoms with Crippen molar-refractivity contribution in [3.05, 3.63) is 107 Å². The van der Waals surface area contributed by atoms with Crippen molar-refractivity contribution in [3.8, 4) is 11.1 Å². The largest absolute Gasteiger partial charge is 0.261 e. The first-order valence-corrected chi connectivity index (χ1v) is 15.4. The van der Waals surface area contributed by atoms with E-state index in [1.165, 1.54) is 33.4 Å².